The number of anilines is 1. The number of aromatic nitrogens is 1. The highest BCUT2D eigenvalue weighted by Gasteiger charge is 2.24. The van der Waals surface area contributed by atoms with Gasteiger partial charge in [-0.15, -0.1) is 0 Å². The summed E-state index contributed by atoms with van der Waals surface area (Å²) in [7, 11) is 3.87. The number of carbonyl (C=O) groups is 1. The highest BCUT2D eigenvalue weighted by Crippen LogP contribution is 2.24. The fourth-order valence-electron chi connectivity index (χ4n) is 2.87. The number of nitrogens with two attached hydrogens (primary N) is 2. The zero-order valence-electron chi connectivity index (χ0n) is 17.4. The molecule has 0 radical (unpaired) electrons. The Hall–Kier alpha value is -3.26. The first-order valence-electron chi connectivity index (χ1n) is 9.70. The topological polar surface area (TPSA) is 112 Å². The number of para-hydroxylation sites is 1. The highest BCUT2D eigenvalue weighted by atomic mass is 19.1. The van der Waals surface area contributed by atoms with E-state index >= 15 is 0 Å². The van der Waals surface area contributed by atoms with Crippen LogP contribution >= 0.6 is 0 Å². The lowest BCUT2D eigenvalue weighted by Crippen LogP contribution is -2.27. The molecule has 1 aliphatic heterocycles. The van der Waals surface area contributed by atoms with Gasteiger partial charge in [-0.05, 0) is 44.8 Å². The van der Waals surface area contributed by atoms with E-state index in [2.05, 4.69) is 4.98 Å². The first-order chi connectivity index (χ1) is 14.3. The Morgan fingerprint density at radius 2 is 2.10 bits per heavy atom. The lowest BCUT2D eigenvalue weighted by atomic mass is 10.1. The molecule has 30 heavy (non-hydrogen) atoms. The molecule has 0 aliphatic carbocycles. The van der Waals surface area contributed by atoms with Crippen LogP contribution in [0.25, 0.3) is 11.8 Å². The number of aromatic hydroxyl groups is 1. The molecule has 0 spiro atoms. The molecule has 0 saturated carbocycles. The van der Waals surface area contributed by atoms with E-state index in [1.807, 2.05) is 31.1 Å². The Labute approximate surface area is 176 Å². The van der Waals surface area contributed by atoms with Gasteiger partial charge in [-0.25, -0.2) is 4.39 Å². The average Bonchev–Trinajstić information content (AvgIpc) is 3.31. The Balaban J connectivity index is 0.000000216. The summed E-state index contributed by atoms with van der Waals surface area (Å²) in [5, 5.41) is 9.62. The number of hydrogen-bond acceptors (Lipinski definition) is 5. The number of likely N-dealkylation sites (tertiary alicyclic amines) is 1. The van der Waals surface area contributed by atoms with Crippen LogP contribution in [-0.2, 0) is 4.79 Å². The third-order valence-corrected chi connectivity index (χ3v) is 4.51. The van der Waals surface area contributed by atoms with Crippen LogP contribution in [0.2, 0.25) is 0 Å². The molecule has 1 unspecified atom stereocenters. The van der Waals surface area contributed by atoms with Crippen molar-refractivity contribution >= 4 is 23.5 Å². The number of phenols is 1. The molecule has 2 aromatic rings. The average molecular weight is 416 g/mol. The van der Waals surface area contributed by atoms with Crippen molar-refractivity contribution in [3.8, 4) is 5.75 Å². The van der Waals surface area contributed by atoms with Gasteiger partial charge in [0.2, 0.25) is 5.91 Å². The van der Waals surface area contributed by atoms with Gasteiger partial charge in [0.1, 0.15) is 17.7 Å². The van der Waals surface area contributed by atoms with Gasteiger partial charge >= 0.3 is 0 Å². The second kappa shape index (κ2) is 11.1. The van der Waals surface area contributed by atoms with Crippen molar-refractivity contribution in [1.82, 2.24) is 14.8 Å². The lowest BCUT2D eigenvalue weighted by molar-refractivity contribution is -0.125. The second-order valence-electron chi connectivity index (χ2n) is 7.30. The van der Waals surface area contributed by atoms with E-state index in [1.54, 1.807) is 41.4 Å². The zero-order chi connectivity index (χ0) is 22.1. The lowest BCUT2D eigenvalue weighted by Gasteiger charge is -2.12. The van der Waals surface area contributed by atoms with E-state index in [0.717, 1.165) is 12.1 Å². The van der Waals surface area contributed by atoms with Crippen molar-refractivity contribution < 1.29 is 14.3 Å². The van der Waals surface area contributed by atoms with Crippen molar-refractivity contribution in [2.24, 2.45) is 5.73 Å². The van der Waals surface area contributed by atoms with Crippen LogP contribution < -0.4 is 11.5 Å². The van der Waals surface area contributed by atoms with Crippen LogP contribution in [0.5, 0.6) is 5.75 Å². The third kappa shape index (κ3) is 6.97. The largest absolute Gasteiger partial charge is 0.507 e. The van der Waals surface area contributed by atoms with Gasteiger partial charge in [0.05, 0.1) is 6.54 Å². The Morgan fingerprint density at radius 3 is 2.67 bits per heavy atom. The van der Waals surface area contributed by atoms with E-state index in [-0.39, 0.29) is 18.2 Å². The number of H-pyrrole nitrogens is 1. The minimum atomic E-state index is -0.832. The number of alkyl halides is 1. The fraction of sp³-hybridized carbons (Fsp3) is 0.318. The molecule has 1 atom stereocenters. The molecular formula is C22H30FN5O2. The molecule has 162 valence electrons. The van der Waals surface area contributed by atoms with E-state index in [1.165, 1.54) is 6.08 Å². The van der Waals surface area contributed by atoms with Crippen LogP contribution in [0.1, 0.15) is 17.5 Å². The number of carbonyl (C=O) groups excluding carboxylic acids is 1. The van der Waals surface area contributed by atoms with E-state index < -0.39 is 6.17 Å². The van der Waals surface area contributed by atoms with Gasteiger partial charge in [-0.3, -0.25) is 4.79 Å². The van der Waals surface area contributed by atoms with Crippen LogP contribution in [0.3, 0.4) is 0 Å². The number of rotatable bonds is 5. The maximum absolute atomic E-state index is 12.8. The standard InChI is InChI=1S/C12H13N3O.C10H17FN2O/c13-10(7-8-5-6-15-12(8)14)9-3-1-2-4-11(9)16;1-12(2)6-3-4-10(14)13-7-5-9(11)8-13/h1-7,15-16H,13-14H2;3-4,9H,5-8H2,1-2H3/b10-7-;4-3+. The molecule has 1 saturated heterocycles. The smallest absolute Gasteiger partial charge is 0.246 e. The monoisotopic (exact) mass is 415 g/mol. The molecule has 7 nitrogen and oxygen atoms in total. The molecule has 1 aromatic heterocycles. The van der Waals surface area contributed by atoms with Gasteiger partial charge in [-0.1, -0.05) is 18.2 Å². The quantitative estimate of drug-likeness (QED) is 0.561. The van der Waals surface area contributed by atoms with Crippen molar-refractivity contribution in [3.05, 3.63) is 59.8 Å². The SMILES string of the molecule is CN(C)C/C=C/C(=O)N1CCC(F)C1.N/C(=C\c1cc[nH]c1N)c1ccccc1O. The van der Waals surface area contributed by atoms with Crippen LogP contribution in [-0.4, -0.2) is 65.7 Å². The predicted molar refractivity (Wildman–Crippen MR) is 119 cm³/mol. The van der Waals surface area contributed by atoms with E-state index in [4.69, 9.17) is 11.5 Å². The Morgan fingerprint density at radius 1 is 1.37 bits per heavy atom. The van der Waals surface area contributed by atoms with Crippen molar-refractivity contribution in [3.63, 3.8) is 0 Å². The minimum Gasteiger partial charge on any atom is -0.507 e. The maximum atomic E-state index is 12.8. The van der Waals surface area contributed by atoms with Crippen molar-refractivity contribution in [2.75, 3.05) is 39.5 Å². The van der Waals surface area contributed by atoms with Gasteiger partial charge in [0.15, 0.2) is 0 Å². The molecule has 3 rings (SSSR count). The van der Waals surface area contributed by atoms with Crippen molar-refractivity contribution in [1.29, 1.82) is 0 Å². The first-order valence-corrected chi connectivity index (χ1v) is 9.70. The van der Waals surface area contributed by atoms with Crippen LogP contribution in [0.15, 0.2) is 48.7 Å². The number of nitrogens with one attached hydrogen (secondary N) is 1. The molecule has 2 heterocycles. The number of hydrogen-bond donors (Lipinski definition) is 4. The number of amides is 1. The van der Waals surface area contributed by atoms with Gasteiger partial charge < -0.3 is 31.4 Å². The normalized spacial score (nSPS) is 16.7. The molecule has 1 aromatic carbocycles. The molecule has 1 fully saturated rings. The van der Waals surface area contributed by atoms with Gasteiger partial charge in [-0.2, -0.15) is 0 Å². The number of likely N-dealkylation sites (N-methyl/N-ethyl adjacent to an activating group) is 1. The summed E-state index contributed by atoms with van der Waals surface area (Å²) in [6.07, 6.45) is 6.43. The summed E-state index contributed by atoms with van der Waals surface area (Å²) in [5.74, 6) is 0.635. The van der Waals surface area contributed by atoms with E-state index in [9.17, 15) is 14.3 Å². The summed E-state index contributed by atoms with van der Waals surface area (Å²) in [6.45, 7) is 1.54. The third-order valence-electron chi connectivity index (χ3n) is 4.51. The van der Waals surface area contributed by atoms with Crippen molar-refractivity contribution in [2.45, 2.75) is 12.6 Å². The summed E-state index contributed by atoms with van der Waals surface area (Å²) in [5.41, 5.74) is 13.5. The molecule has 1 amide bonds. The summed E-state index contributed by atoms with van der Waals surface area (Å²) in [6, 6.07) is 8.73. The molecule has 0 bridgehead atoms. The highest BCUT2D eigenvalue weighted by molar-refractivity contribution is 5.87. The van der Waals surface area contributed by atoms with E-state index in [0.29, 0.717) is 30.0 Å². The molecule has 6 N–H and O–H groups in total. The summed E-state index contributed by atoms with van der Waals surface area (Å²) < 4.78 is 12.8. The molecule has 8 heteroatoms. The summed E-state index contributed by atoms with van der Waals surface area (Å²) >= 11 is 0. The fourth-order valence-corrected chi connectivity index (χ4v) is 2.87. The second-order valence-corrected chi connectivity index (χ2v) is 7.30. The van der Waals surface area contributed by atoms with Gasteiger partial charge in [0, 0.05) is 42.2 Å². The zero-order valence-corrected chi connectivity index (χ0v) is 17.4. The molecular weight excluding hydrogens is 385 g/mol. The van der Waals surface area contributed by atoms with Gasteiger partial charge in [0.25, 0.3) is 0 Å². The first kappa shape index (κ1) is 23.0. The Bertz CT molecular complexity index is 891. The summed E-state index contributed by atoms with van der Waals surface area (Å²) in [4.78, 5) is 17.8. The number of benzene rings is 1. The molecule has 1 aliphatic rings. The minimum absolute atomic E-state index is 0.0769. The Kier molecular flexibility index (Phi) is 8.49. The number of phenolic OH excluding ortho intramolecular Hbond substituents is 1. The number of aromatic amines is 1. The van der Waals surface area contributed by atoms with Crippen LogP contribution in [0.4, 0.5) is 10.2 Å². The van der Waals surface area contributed by atoms with Crippen LogP contribution in [0, 0.1) is 0 Å². The number of nitrogens with zero attached hydrogens (tertiary/aromatic N) is 2. The number of nitrogen functional groups attached to an aromatic ring is 1. The predicted octanol–water partition coefficient (Wildman–Crippen LogP) is 2.43. The number of halogens is 1. The maximum Gasteiger partial charge on any atom is 0.246 e.